The zero-order valence-electron chi connectivity index (χ0n) is 16.6. The van der Waals surface area contributed by atoms with Crippen LogP contribution in [-0.4, -0.2) is 40.3 Å². The van der Waals surface area contributed by atoms with Crippen molar-refractivity contribution in [3.8, 4) is 11.3 Å². The predicted octanol–water partition coefficient (Wildman–Crippen LogP) is 3.61. The molecule has 2 N–H and O–H groups in total. The zero-order chi connectivity index (χ0) is 22.7. The molecule has 1 saturated heterocycles. The van der Waals surface area contributed by atoms with Gasteiger partial charge in [-0.25, -0.2) is 18.2 Å². The second-order valence-electron chi connectivity index (χ2n) is 6.97. The van der Waals surface area contributed by atoms with Crippen LogP contribution >= 0.6 is 0 Å². The molecular formula is C22H18F3N3O4. The van der Waals surface area contributed by atoms with Crippen LogP contribution in [0.2, 0.25) is 0 Å². The lowest BCUT2D eigenvalue weighted by Gasteiger charge is -2.30. The lowest BCUT2D eigenvalue weighted by Crippen LogP contribution is -2.30. The van der Waals surface area contributed by atoms with E-state index in [9.17, 15) is 23.1 Å². The van der Waals surface area contributed by atoms with Crippen molar-refractivity contribution in [3.63, 3.8) is 0 Å². The molecule has 7 nitrogen and oxygen atoms in total. The van der Waals surface area contributed by atoms with Crippen LogP contribution < -0.4 is 5.32 Å². The fourth-order valence-electron chi connectivity index (χ4n) is 3.26. The SMILES string of the molecule is O=C(Nc1cnccc1[C@H]1OCC[C@@H](CO)O1)c1ccc(F)c(-c2c(F)cccc2F)n1. The van der Waals surface area contributed by atoms with Gasteiger partial charge in [0.1, 0.15) is 28.8 Å². The molecule has 4 rings (SSSR count). The molecule has 32 heavy (non-hydrogen) atoms. The molecule has 0 unspecified atom stereocenters. The molecule has 2 atom stereocenters. The van der Waals surface area contributed by atoms with Crippen molar-refractivity contribution in [2.24, 2.45) is 0 Å². The number of nitrogens with zero attached hydrogens (tertiary/aromatic N) is 2. The summed E-state index contributed by atoms with van der Waals surface area (Å²) < 4.78 is 53.8. The van der Waals surface area contributed by atoms with E-state index in [0.717, 1.165) is 30.3 Å². The van der Waals surface area contributed by atoms with Gasteiger partial charge in [0.15, 0.2) is 6.29 Å². The molecule has 1 amide bonds. The third-order valence-electron chi connectivity index (χ3n) is 4.86. The molecule has 0 radical (unpaired) electrons. The van der Waals surface area contributed by atoms with Gasteiger partial charge in [0, 0.05) is 11.8 Å². The number of ether oxygens (including phenoxy) is 2. The number of amides is 1. The van der Waals surface area contributed by atoms with Gasteiger partial charge in [-0.1, -0.05) is 6.07 Å². The highest BCUT2D eigenvalue weighted by Gasteiger charge is 2.27. The average molecular weight is 445 g/mol. The smallest absolute Gasteiger partial charge is 0.274 e. The molecule has 3 heterocycles. The van der Waals surface area contributed by atoms with Gasteiger partial charge in [0.25, 0.3) is 5.91 Å². The van der Waals surface area contributed by atoms with E-state index in [1.54, 1.807) is 6.07 Å². The highest BCUT2D eigenvalue weighted by Crippen LogP contribution is 2.31. The molecule has 0 aliphatic carbocycles. The molecule has 2 aromatic heterocycles. The number of benzene rings is 1. The number of anilines is 1. The van der Waals surface area contributed by atoms with Crippen LogP contribution in [0.3, 0.4) is 0 Å². The molecule has 10 heteroatoms. The molecule has 0 bridgehead atoms. The van der Waals surface area contributed by atoms with E-state index in [0.29, 0.717) is 18.6 Å². The van der Waals surface area contributed by atoms with Gasteiger partial charge in [-0.3, -0.25) is 9.78 Å². The minimum absolute atomic E-state index is 0.179. The lowest BCUT2D eigenvalue weighted by molar-refractivity contribution is -0.223. The standard InChI is InChI=1S/C22H18F3N3O4/c23-14-2-1-3-15(24)19(14)20-16(25)4-5-17(27-20)21(30)28-18-10-26-8-6-13(18)22-31-9-7-12(11-29)32-22/h1-6,8,10,12,22,29H,7,9,11H2,(H,28,30)/t12-,22-/m0/s1. The minimum Gasteiger partial charge on any atom is -0.394 e. The number of aliphatic hydroxyl groups is 1. The molecule has 1 aliphatic heterocycles. The predicted molar refractivity (Wildman–Crippen MR) is 107 cm³/mol. The number of pyridine rings is 2. The summed E-state index contributed by atoms with van der Waals surface area (Å²) in [7, 11) is 0. The zero-order valence-corrected chi connectivity index (χ0v) is 16.6. The number of aromatic nitrogens is 2. The van der Waals surface area contributed by atoms with E-state index in [2.05, 4.69) is 15.3 Å². The van der Waals surface area contributed by atoms with Crippen LogP contribution in [0.4, 0.5) is 18.9 Å². The fourth-order valence-corrected chi connectivity index (χ4v) is 3.26. The van der Waals surface area contributed by atoms with Crippen LogP contribution in [0.25, 0.3) is 11.3 Å². The molecule has 1 aromatic carbocycles. The van der Waals surface area contributed by atoms with Crippen LogP contribution in [0, 0.1) is 17.5 Å². The second-order valence-corrected chi connectivity index (χ2v) is 6.97. The molecule has 0 saturated carbocycles. The summed E-state index contributed by atoms with van der Waals surface area (Å²) in [4.78, 5) is 20.6. The molecule has 0 spiro atoms. The number of carbonyl (C=O) groups excluding carboxylic acids is 1. The molecule has 3 aromatic rings. The van der Waals surface area contributed by atoms with Crippen molar-refractivity contribution in [1.82, 2.24) is 9.97 Å². The summed E-state index contributed by atoms with van der Waals surface area (Å²) in [5.41, 5.74) is -0.859. The van der Waals surface area contributed by atoms with E-state index < -0.39 is 47.0 Å². The van der Waals surface area contributed by atoms with E-state index in [-0.39, 0.29) is 18.0 Å². The maximum atomic E-state index is 14.3. The monoisotopic (exact) mass is 445 g/mol. The first kappa shape index (κ1) is 21.9. The van der Waals surface area contributed by atoms with Crippen molar-refractivity contribution in [2.75, 3.05) is 18.5 Å². The Morgan fingerprint density at radius 1 is 1.12 bits per heavy atom. The fraction of sp³-hybridized carbons (Fsp3) is 0.227. The van der Waals surface area contributed by atoms with Gasteiger partial charge in [-0.2, -0.15) is 0 Å². The van der Waals surface area contributed by atoms with Crippen molar-refractivity contribution >= 4 is 11.6 Å². The number of hydrogen-bond acceptors (Lipinski definition) is 6. The summed E-state index contributed by atoms with van der Waals surface area (Å²) in [5.74, 6) is -3.75. The summed E-state index contributed by atoms with van der Waals surface area (Å²) in [5, 5.41) is 11.9. The first-order valence-electron chi connectivity index (χ1n) is 9.72. The second kappa shape index (κ2) is 9.43. The average Bonchev–Trinajstić information content (AvgIpc) is 2.80. The van der Waals surface area contributed by atoms with Crippen LogP contribution in [0.1, 0.15) is 28.8 Å². The maximum absolute atomic E-state index is 14.3. The minimum atomic E-state index is -1.01. The normalized spacial score (nSPS) is 18.4. The van der Waals surface area contributed by atoms with Crippen molar-refractivity contribution < 1.29 is 32.5 Å². The van der Waals surface area contributed by atoms with Gasteiger partial charge in [-0.05, 0) is 36.8 Å². The van der Waals surface area contributed by atoms with Gasteiger partial charge < -0.3 is 19.9 Å². The van der Waals surface area contributed by atoms with E-state index >= 15 is 0 Å². The largest absolute Gasteiger partial charge is 0.394 e. The van der Waals surface area contributed by atoms with Gasteiger partial charge in [0.2, 0.25) is 0 Å². The summed E-state index contributed by atoms with van der Waals surface area (Å²) >= 11 is 0. The van der Waals surface area contributed by atoms with E-state index in [4.69, 9.17) is 9.47 Å². The van der Waals surface area contributed by atoms with E-state index in [1.165, 1.54) is 12.4 Å². The Hall–Kier alpha value is -3.34. The third kappa shape index (κ3) is 4.47. The van der Waals surface area contributed by atoms with Crippen molar-refractivity contribution in [3.05, 3.63) is 77.5 Å². The summed E-state index contributed by atoms with van der Waals surface area (Å²) in [6.45, 7) is 0.171. The van der Waals surface area contributed by atoms with Gasteiger partial charge >= 0.3 is 0 Å². The van der Waals surface area contributed by atoms with Crippen LogP contribution in [0.15, 0.2) is 48.8 Å². The quantitative estimate of drug-likeness (QED) is 0.623. The Morgan fingerprint density at radius 2 is 1.91 bits per heavy atom. The van der Waals surface area contributed by atoms with Crippen molar-refractivity contribution in [1.29, 1.82) is 0 Å². The number of hydrogen-bond donors (Lipinski definition) is 2. The molecule has 1 aliphatic rings. The van der Waals surface area contributed by atoms with Crippen molar-refractivity contribution in [2.45, 2.75) is 18.8 Å². The first-order chi connectivity index (χ1) is 15.5. The molecule has 1 fully saturated rings. The number of carbonyl (C=O) groups is 1. The maximum Gasteiger partial charge on any atom is 0.274 e. The molecule has 166 valence electrons. The highest BCUT2D eigenvalue weighted by atomic mass is 19.1. The van der Waals surface area contributed by atoms with Crippen LogP contribution in [-0.2, 0) is 9.47 Å². The Balaban J connectivity index is 1.62. The van der Waals surface area contributed by atoms with Gasteiger partial charge in [-0.15, -0.1) is 0 Å². The topological polar surface area (TPSA) is 93.6 Å². The van der Waals surface area contributed by atoms with Gasteiger partial charge in [0.05, 0.1) is 36.8 Å². The Labute approximate surface area is 180 Å². The first-order valence-corrected chi connectivity index (χ1v) is 9.72. The Bertz CT molecular complexity index is 1120. The Kier molecular flexibility index (Phi) is 6.45. The van der Waals surface area contributed by atoms with Crippen LogP contribution in [0.5, 0.6) is 0 Å². The highest BCUT2D eigenvalue weighted by molar-refractivity contribution is 6.03. The number of rotatable bonds is 5. The third-order valence-corrected chi connectivity index (χ3v) is 4.86. The summed E-state index contributed by atoms with van der Waals surface area (Å²) in [6, 6.07) is 6.67. The van der Waals surface area contributed by atoms with E-state index in [1.807, 2.05) is 0 Å². The number of halogens is 3. The number of nitrogens with one attached hydrogen (secondary N) is 1. The summed E-state index contributed by atoms with van der Waals surface area (Å²) in [6.07, 6.45) is 2.11. The lowest BCUT2D eigenvalue weighted by atomic mass is 10.1. The number of aliphatic hydroxyl groups excluding tert-OH is 1. The Morgan fingerprint density at radius 3 is 2.66 bits per heavy atom. The molecular weight excluding hydrogens is 427 g/mol.